The normalized spacial score (nSPS) is 36.2. The molecule has 1 aromatic rings. The zero-order valence-electron chi connectivity index (χ0n) is 13.8. The Morgan fingerprint density at radius 1 is 1.32 bits per heavy atom. The Kier molecular flexibility index (Phi) is 3.56. The number of fused-ring (bicyclic) bond motifs is 5. The summed E-state index contributed by atoms with van der Waals surface area (Å²) in [6, 6.07) is 7.08. The van der Waals surface area contributed by atoms with Gasteiger partial charge >= 0.3 is 0 Å². The van der Waals surface area contributed by atoms with Gasteiger partial charge in [-0.2, -0.15) is 11.8 Å². The molecular weight excluding hydrogens is 286 g/mol. The minimum Gasteiger partial charge on any atom is -0.388 e. The second kappa shape index (κ2) is 5.33. The third kappa shape index (κ3) is 2.14. The lowest BCUT2D eigenvalue weighted by atomic mass is 9.59. The Labute approximate surface area is 139 Å². The van der Waals surface area contributed by atoms with Crippen LogP contribution in [0, 0.1) is 11.8 Å². The summed E-state index contributed by atoms with van der Waals surface area (Å²) in [7, 11) is 1.96. The van der Waals surface area contributed by atoms with Crippen LogP contribution in [-0.2, 0) is 6.42 Å². The Bertz CT molecular complexity index is 608. The van der Waals surface area contributed by atoms with Gasteiger partial charge < -0.3 is 5.32 Å². The number of hydrogen-bond donors (Lipinski definition) is 1. The van der Waals surface area contributed by atoms with Crippen molar-refractivity contribution in [3.63, 3.8) is 0 Å². The Hall–Kier alpha value is -0.890. The predicted molar refractivity (Wildman–Crippen MR) is 97.3 cm³/mol. The van der Waals surface area contributed by atoms with Gasteiger partial charge in [-0.3, -0.25) is 0 Å². The Morgan fingerprint density at radius 2 is 2.18 bits per heavy atom. The van der Waals surface area contributed by atoms with Gasteiger partial charge in [-0.15, -0.1) is 0 Å². The van der Waals surface area contributed by atoms with Crippen LogP contribution in [-0.4, -0.2) is 17.5 Å². The molecule has 22 heavy (non-hydrogen) atoms. The molecule has 4 rings (SSSR count). The number of rotatable bonds is 2. The highest BCUT2D eigenvalue weighted by Gasteiger charge is 2.50. The van der Waals surface area contributed by atoms with Crippen molar-refractivity contribution in [2.24, 2.45) is 11.8 Å². The first kappa shape index (κ1) is 14.7. The van der Waals surface area contributed by atoms with Crippen LogP contribution < -0.4 is 5.32 Å². The first-order valence-corrected chi connectivity index (χ1v) is 9.75. The molecule has 1 heterocycles. The first-order chi connectivity index (χ1) is 10.6. The number of benzene rings is 1. The van der Waals surface area contributed by atoms with E-state index in [9.17, 15) is 0 Å². The van der Waals surface area contributed by atoms with E-state index in [2.05, 4.69) is 48.8 Å². The summed E-state index contributed by atoms with van der Waals surface area (Å²) in [6.45, 7) is 6.66. The molecular formula is C20H27NS. The number of hydrogen-bond acceptors (Lipinski definition) is 2. The second-order valence-corrected chi connectivity index (χ2v) is 9.18. The number of nitrogens with one attached hydrogen (secondary N) is 1. The van der Waals surface area contributed by atoms with Crippen molar-refractivity contribution in [2.75, 3.05) is 12.8 Å². The van der Waals surface area contributed by atoms with Gasteiger partial charge in [0, 0.05) is 17.5 Å². The summed E-state index contributed by atoms with van der Waals surface area (Å²) in [5.41, 5.74) is 5.54. The SMILES string of the molecule is C=C(NC)c1ccc2c(c1)CCC1C2CCC2(C)SCCC12. The van der Waals surface area contributed by atoms with Crippen molar-refractivity contribution in [3.8, 4) is 0 Å². The van der Waals surface area contributed by atoms with Gasteiger partial charge in [0.25, 0.3) is 0 Å². The molecule has 0 aromatic heterocycles. The highest BCUT2D eigenvalue weighted by Crippen LogP contribution is 2.59. The van der Waals surface area contributed by atoms with Crippen molar-refractivity contribution in [2.45, 2.75) is 49.7 Å². The van der Waals surface area contributed by atoms with E-state index in [0.717, 1.165) is 23.5 Å². The lowest BCUT2D eigenvalue weighted by Crippen LogP contribution is -2.42. The molecule has 118 valence electrons. The van der Waals surface area contributed by atoms with Crippen LogP contribution in [0.2, 0.25) is 0 Å². The molecule has 0 radical (unpaired) electrons. The van der Waals surface area contributed by atoms with Crippen LogP contribution in [0.25, 0.3) is 5.70 Å². The summed E-state index contributed by atoms with van der Waals surface area (Å²) < 4.78 is 0.582. The zero-order valence-corrected chi connectivity index (χ0v) is 14.6. The molecule has 1 saturated carbocycles. The molecule has 0 bridgehead atoms. The van der Waals surface area contributed by atoms with Gasteiger partial charge in [0.1, 0.15) is 0 Å². The van der Waals surface area contributed by atoms with Gasteiger partial charge in [-0.25, -0.2) is 0 Å². The van der Waals surface area contributed by atoms with Gasteiger partial charge in [0.2, 0.25) is 0 Å². The molecule has 2 fully saturated rings. The fraction of sp³-hybridized carbons (Fsp3) is 0.600. The molecule has 4 atom stereocenters. The predicted octanol–water partition coefficient (Wildman–Crippen LogP) is 4.83. The maximum absolute atomic E-state index is 4.11. The molecule has 1 aliphatic heterocycles. The van der Waals surface area contributed by atoms with E-state index in [1.165, 1.54) is 43.4 Å². The van der Waals surface area contributed by atoms with Gasteiger partial charge in [-0.1, -0.05) is 25.6 Å². The molecule has 0 amide bonds. The maximum Gasteiger partial charge on any atom is 0.0338 e. The molecule has 2 aliphatic carbocycles. The smallest absolute Gasteiger partial charge is 0.0338 e. The highest BCUT2D eigenvalue weighted by molar-refractivity contribution is 8.00. The molecule has 1 N–H and O–H groups in total. The van der Waals surface area contributed by atoms with Crippen LogP contribution in [0.3, 0.4) is 0 Å². The zero-order chi connectivity index (χ0) is 15.3. The molecule has 1 aromatic carbocycles. The number of thioether (sulfide) groups is 1. The average molecular weight is 314 g/mol. The summed E-state index contributed by atoms with van der Waals surface area (Å²) in [6.07, 6.45) is 6.91. The summed E-state index contributed by atoms with van der Waals surface area (Å²) in [5.74, 6) is 4.09. The van der Waals surface area contributed by atoms with Crippen LogP contribution in [0.1, 0.15) is 55.2 Å². The van der Waals surface area contributed by atoms with Gasteiger partial charge in [-0.05, 0) is 78.4 Å². The quantitative estimate of drug-likeness (QED) is 0.839. The van der Waals surface area contributed by atoms with E-state index in [1.54, 1.807) is 11.1 Å². The second-order valence-electron chi connectivity index (χ2n) is 7.55. The van der Waals surface area contributed by atoms with E-state index in [-0.39, 0.29) is 0 Å². The minimum absolute atomic E-state index is 0.582. The van der Waals surface area contributed by atoms with E-state index >= 15 is 0 Å². The molecule has 4 unspecified atom stereocenters. The number of aryl methyl sites for hydroxylation is 1. The summed E-state index contributed by atoms with van der Waals surface area (Å²) in [4.78, 5) is 0. The third-order valence-corrected chi connectivity index (χ3v) is 8.18. The van der Waals surface area contributed by atoms with E-state index < -0.39 is 0 Å². The maximum atomic E-state index is 4.11. The standard InChI is InChI=1S/C20H27NS/c1-13(21-3)14-4-6-16-15(12-14)5-7-18-17(16)8-10-20(2)19(18)9-11-22-20/h4,6,12,17-19,21H,1,5,7-11H2,2-3H3. The summed E-state index contributed by atoms with van der Waals surface area (Å²) in [5, 5.41) is 3.18. The largest absolute Gasteiger partial charge is 0.388 e. The van der Waals surface area contributed by atoms with E-state index in [0.29, 0.717) is 4.75 Å². The molecule has 1 nitrogen and oxygen atoms in total. The minimum atomic E-state index is 0.582. The third-order valence-electron chi connectivity index (χ3n) is 6.57. The highest BCUT2D eigenvalue weighted by atomic mass is 32.2. The van der Waals surface area contributed by atoms with Crippen LogP contribution in [0.5, 0.6) is 0 Å². The Morgan fingerprint density at radius 3 is 3.00 bits per heavy atom. The molecule has 0 spiro atoms. The van der Waals surface area contributed by atoms with Crippen molar-refractivity contribution in [3.05, 3.63) is 41.5 Å². The van der Waals surface area contributed by atoms with Crippen molar-refractivity contribution < 1.29 is 0 Å². The fourth-order valence-corrected chi connectivity index (χ4v) is 6.93. The van der Waals surface area contributed by atoms with Gasteiger partial charge in [0.05, 0.1) is 0 Å². The van der Waals surface area contributed by atoms with E-state index in [4.69, 9.17) is 0 Å². The van der Waals surface area contributed by atoms with Crippen LogP contribution >= 0.6 is 11.8 Å². The first-order valence-electron chi connectivity index (χ1n) is 8.76. The Balaban J connectivity index is 1.67. The topological polar surface area (TPSA) is 12.0 Å². The van der Waals surface area contributed by atoms with E-state index in [1.807, 2.05) is 7.05 Å². The van der Waals surface area contributed by atoms with Crippen LogP contribution in [0.4, 0.5) is 0 Å². The molecule has 2 heteroatoms. The van der Waals surface area contributed by atoms with Gasteiger partial charge in [0.15, 0.2) is 0 Å². The summed E-state index contributed by atoms with van der Waals surface area (Å²) >= 11 is 2.26. The van der Waals surface area contributed by atoms with Crippen molar-refractivity contribution >= 4 is 17.5 Å². The lowest BCUT2D eigenvalue weighted by molar-refractivity contribution is 0.149. The molecule has 1 saturated heterocycles. The average Bonchev–Trinajstić information content (AvgIpc) is 2.95. The fourth-order valence-electron chi connectivity index (χ4n) is 5.32. The van der Waals surface area contributed by atoms with Crippen LogP contribution in [0.15, 0.2) is 24.8 Å². The molecule has 3 aliphatic rings. The monoisotopic (exact) mass is 313 g/mol. The van der Waals surface area contributed by atoms with Crippen molar-refractivity contribution in [1.29, 1.82) is 0 Å². The van der Waals surface area contributed by atoms with Crippen molar-refractivity contribution in [1.82, 2.24) is 5.32 Å². The lowest BCUT2D eigenvalue weighted by Gasteiger charge is -2.48.